The maximum atomic E-state index is 4.00. The third kappa shape index (κ3) is 9.51. The minimum absolute atomic E-state index is 0.559. The Balaban J connectivity index is 3.49. The Morgan fingerprint density at radius 1 is 1.33 bits per heavy atom. The largest absolute Gasteiger partial charge is 0.249 e. The first-order chi connectivity index (χ1) is 5.77. The van der Waals surface area contributed by atoms with E-state index in [4.69, 9.17) is 0 Å². The molecule has 0 aromatic rings. The molecule has 0 saturated heterocycles. The van der Waals surface area contributed by atoms with Crippen molar-refractivity contribution in [2.24, 2.45) is 15.9 Å². The topological polar surface area (TPSA) is 24.7 Å². The molecule has 0 spiro atoms. The Kier molecular flexibility index (Phi) is 8.25. The van der Waals surface area contributed by atoms with Gasteiger partial charge in [-0.2, -0.15) is 0 Å². The van der Waals surface area contributed by atoms with Crippen molar-refractivity contribution in [3.63, 3.8) is 0 Å². The Morgan fingerprint density at radius 2 is 2.08 bits per heavy atom. The highest BCUT2D eigenvalue weighted by Crippen LogP contribution is 1.96. The number of rotatable bonds is 5. The highest BCUT2D eigenvalue weighted by Gasteiger charge is 1.79. The second kappa shape index (κ2) is 8.61. The number of allylic oxidation sites excluding steroid dienone is 1. The summed E-state index contributed by atoms with van der Waals surface area (Å²) in [5, 5.41) is 0. The van der Waals surface area contributed by atoms with E-state index in [1.54, 1.807) is 12.5 Å². The van der Waals surface area contributed by atoms with Crippen LogP contribution in [0.25, 0.3) is 0 Å². The van der Waals surface area contributed by atoms with E-state index in [1.807, 2.05) is 12.3 Å². The van der Waals surface area contributed by atoms with Gasteiger partial charge in [-0.25, -0.2) is 9.98 Å². The summed E-state index contributed by atoms with van der Waals surface area (Å²) >= 11 is 0. The number of aliphatic imine (C=N–C) groups is 2. The molecule has 0 rings (SSSR count). The lowest BCUT2D eigenvalue weighted by atomic mass is 10.2. The minimum atomic E-state index is 0.559. The lowest BCUT2D eigenvalue weighted by Gasteiger charge is -1.88. The predicted molar refractivity (Wildman–Crippen MR) is 60.1 cm³/mol. The zero-order chi connectivity index (χ0) is 9.23. The van der Waals surface area contributed by atoms with Gasteiger partial charge in [0.25, 0.3) is 0 Å². The van der Waals surface area contributed by atoms with Gasteiger partial charge in [-0.15, -0.1) is 8.58 Å². The lowest BCUT2D eigenvalue weighted by molar-refractivity contribution is 0.829. The first-order valence-corrected chi connectivity index (χ1v) is 5.82. The van der Waals surface area contributed by atoms with Crippen molar-refractivity contribution in [2.75, 3.05) is 12.8 Å². The molecule has 2 nitrogen and oxygen atoms in total. The van der Waals surface area contributed by atoms with E-state index < -0.39 is 0 Å². The average molecular weight is 184 g/mol. The molecule has 1 atom stereocenters. The third-order valence-corrected chi connectivity index (χ3v) is 1.68. The molecule has 0 aliphatic carbocycles. The molecule has 0 aromatic heterocycles. The van der Waals surface area contributed by atoms with Crippen LogP contribution in [-0.2, 0) is 0 Å². The Morgan fingerprint density at radius 3 is 2.67 bits per heavy atom. The van der Waals surface area contributed by atoms with Crippen LogP contribution in [-0.4, -0.2) is 25.4 Å². The summed E-state index contributed by atoms with van der Waals surface area (Å²) in [7, 11) is 0.937. The van der Waals surface area contributed by atoms with Crippen LogP contribution in [0.15, 0.2) is 22.3 Å². The van der Waals surface area contributed by atoms with Gasteiger partial charge in [-0.05, 0) is 12.6 Å². The number of hydrogen-bond donors (Lipinski definition) is 0. The zero-order valence-corrected chi connectivity index (χ0v) is 8.99. The Labute approximate surface area is 76.7 Å². The number of nitrogens with zero attached hydrogens (tertiary/aromatic N) is 2. The molecule has 0 N–H and O–H groups in total. The summed E-state index contributed by atoms with van der Waals surface area (Å²) in [5.74, 6) is 0.559. The third-order valence-electron chi connectivity index (χ3n) is 1.09. The molecule has 0 amide bonds. The van der Waals surface area contributed by atoms with Crippen LogP contribution in [0.5, 0.6) is 0 Å². The van der Waals surface area contributed by atoms with E-state index >= 15 is 0 Å². The standard InChI is InChI=1S/C9H17N2P/c1-9(2)4-5-10-8-11-6-7-12-3/h4-6,8-9,12H,7H2,1-3H3/b5-4+,10-8?,11-6?. The molecular formula is C9H17N2P. The maximum Gasteiger partial charge on any atom is 0.114 e. The molecule has 1 unspecified atom stereocenters. The molecule has 0 aromatic carbocycles. The van der Waals surface area contributed by atoms with E-state index in [9.17, 15) is 0 Å². The van der Waals surface area contributed by atoms with Crippen LogP contribution < -0.4 is 0 Å². The molecule has 3 heteroatoms. The lowest BCUT2D eigenvalue weighted by Crippen LogP contribution is -1.77. The summed E-state index contributed by atoms with van der Waals surface area (Å²) in [6.45, 7) is 6.39. The van der Waals surface area contributed by atoms with Gasteiger partial charge >= 0.3 is 0 Å². The Hall–Kier alpha value is -0.490. The molecule has 0 bridgehead atoms. The van der Waals surface area contributed by atoms with Gasteiger partial charge in [0.15, 0.2) is 0 Å². The van der Waals surface area contributed by atoms with Crippen LogP contribution in [0.2, 0.25) is 0 Å². The molecule has 0 aliphatic rings. The van der Waals surface area contributed by atoms with Crippen LogP contribution >= 0.6 is 8.58 Å². The fraction of sp³-hybridized carbons (Fsp3) is 0.556. The normalized spacial score (nSPS) is 14.0. The smallest absolute Gasteiger partial charge is 0.114 e. The molecule has 12 heavy (non-hydrogen) atoms. The molecule has 68 valence electrons. The van der Waals surface area contributed by atoms with Crippen molar-refractivity contribution < 1.29 is 0 Å². The molecule has 0 radical (unpaired) electrons. The van der Waals surface area contributed by atoms with Crippen molar-refractivity contribution in [1.82, 2.24) is 0 Å². The summed E-state index contributed by atoms with van der Waals surface area (Å²) in [5.41, 5.74) is 0. The molecule has 0 aliphatic heterocycles. The van der Waals surface area contributed by atoms with Crippen LogP contribution in [0.1, 0.15) is 13.8 Å². The summed E-state index contributed by atoms with van der Waals surface area (Å²) < 4.78 is 0. The van der Waals surface area contributed by atoms with Crippen molar-refractivity contribution in [3.05, 3.63) is 12.3 Å². The maximum absolute atomic E-state index is 4.00. The predicted octanol–water partition coefficient (Wildman–Crippen LogP) is 2.56. The highest BCUT2D eigenvalue weighted by molar-refractivity contribution is 7.38. The fourth-order valence-corrected chi connectivity index (χ4v) is 0.778. The van der Waals surface area contributed by atoms with Gasteiger partial charge in [0.1, 0.15) is 6.34 Å². The minimum Gasteiger partial charge on any atom is -0.249 e. The van der Waals surface area contributed by atoms with Crippen LogP contribution in [0, 0.1) is 5.92 Å². The van der Waals surface area contributed by atoms with E-state index in [0.717, 1.165) is 14.7 Å². The first-order valence-electron chi connectivity index (χ1n) is 4.12. The van der Waals surface area contributed by atoms with Crippen molar-refractivity contribution in [2.45, 2.75) is 13.8 Å². The van der Waals surface area contributed by atoms with Gasteiger partial charge in [0, 0.05) is 18.6 Å². The summed E-state index contributed by atoms with van der Waals surface area (Å²) in [6, 6.07) is 0. The second-order valence-electron chi connectivity index (χ2n) is 2.74. The van der Waals surface area contributed by atoms with Gasteiger partial charge in [0.2, 0.25) is 0 Å². The first kappa shape index (κ1) is 11.5. The van der Waals surface area contributed by atoms with Crippen LogP contribution in [0.3, 0.4) is 0 Å². The SMILES string of the molecule is CPCC=NC=N/C=C/C(C)C. The molecule has 0 saturated carbocycles. The monoisotopic (exact) mass is 184 g/mol. The van der Waals surface area contributed by atoms with Crippen molar-refractivity contribution in [1.29, 1.82) is 0 Å². The van der Waals surface area contributed by atoms with Gasteiger partial charge in [-0.3, -0.25) is 0 Å². The average Bonchev–Trinajstić information content (AvgIpc) is 2.02. The van der Waals surface area contributed by atoms with E-state index in [0.29, 0.717) is 5.92 Å². The van der Waals surface area contributed by atoms with E-state index in [2.05, 4.69) is 30.5 Å². The molecule has 0 fully saturated rings. The van der Waals surface area contributed by atoms with E-state index in [1.165, 1.54) is 0 Å². The summed E-state index contributed by atoms with van der Waals surface area (Å²) in [4.78, 5) is 7.98. The van der Waals surface area contributed by atoms with Gasteiger partial charge in [-0.1, -0.05) is 19.9 Å². The second-order valence-corrected chi connectivity index (χ2v) is 3.85. The highest BCUT2D eigenvalue weighted by atomic mass is 31.1. The Bertz CT molecular complexity index is 171. The van der Waals surface area contributed by atoms with Gasteiger partial charge < -0.3 is 0 Å². The van der Waals surface area contributed by atoms with Crippen molar-refractivity contribution >= 4 is 21.1 Å². The zero-order valence-electron chi connectivity index (χ0n) is 7.99. The van der Waals surface area contributed by atoms with E-state index in [-0.39, 0.29) is 0 Å². The quantitative estimate of drug-likeness (QED) is 0.356. The van der Waals surface area contributed by atoms with Gasteiger partial charge in [0.05, 0.1) is 0 Å². The summed E-state index contributed by atoms with van der Waals surface area (Å²) in [6.07, 6.45) is 8.36. The fourth-order valence-electron chi connectivity index (χ4n) is 0.490. The number of hydrogen-bond acceptors (Lipinski definition) is 1. The molecular weight excluding hydrogens is 167 g/mol. The van der Waals surface area contributed by atoms with Crippen molar-refractivity contribution in [3.8, 4) is 0 Å². The van der Waals surface area contributed by atoms with Crippen LogP contribution in [0.4, 0.5) is 0 Å². The molecule has 0 heterocycles.